The summed E-state index contributed by atoms with van der Waals surface area (Å²) in [7, 11) is 0. The number of carbonyl (C=O) groups excluding carboxylic acids is 2. The quantitative estimate of drug-likeness (QED) is 0.611. The molecule has 2 aromatic rings. The van der Waals surface area contributed by atoms with Crippen molar-refractivity contribution < 1.29 is 27.5 Å². The van der Waals surface area contributed by atoms with Crippen LogP contribution in [0.1, 0.15) is 55.5 Å². The predicted molar refractivity (Wildman–Crippen MR) is 122 cm³/mol. The SMILES string of the molecule is CC(C)(Oc1ncc(C(F)(F)F)cc1Cl)C(=O)NC1CC2CCC(C1)N2c1ccc(C(N)=O)cn1. The van der Waals surface area contributed by atoms with Gasteiger partial charge in [0.2, 0.25) is 11.8 Å². The number of nitrogens with zero attached hydrogens (tertiary/aromatic N) is 3. The lowest BCUT2D eigenvalue weighted by atomic mass is 9.96. The van der Waals surface area contributed by atoms with Crippen LogP contribution >= 0.6 is 11.6 Å². The van der Waals surface area contributed by atoms with Gasteiger partial charge in [-0.3, -0.25) is 9.59 Å². The first kappa shape index (κ1) is 25.0. The summed E-state index contributed by atoms with van der Waals surface area (Å²) in [6, 6.07) is 4.37. The number of ether oxygens (including phenoxy) is 1. The maximum absolute atomic E-state index is 13.0. The Morgan fingerprint density at radius 1 is 1.14 bits per heavy atom. The first-order valence-corrected chi connectivity index (χ1v) is 11.5. The fourth-order valence-corrected chi connectivity index (χ4v) is 4.86. The zero-order valence-corrected chi connectivity index (χ0v) is 19.9. The normalized spacial score (nSPS) is 22.1. The van der Waals surface area contributed by atoms with Gasteiger partial charge in [-0.05, 0) is 57.7 Å². The molecular formula is C23H25ClF3N5O3. The van der Waals surface area contributed by atoms with Gasteiger partial charge in [0.25, 0.3) is 5.91 Å². The molecule has 35 heavy (non-hydrogen) atoms. The molecular weight excluding hydrogens is 487 g/mol. The van der Waals surface area contributed by atoms with E-state index in [1.165, 1.54) is 20.0 Å². The minimum atomic E-state index is -4.59. The molecule has 2 bridgehead atoms. The third-order valence-electron chi connectivity index (χ3n) is 6.40. The number of nitrogens with one attached hydrogen (secondary N) is 1. The number of hydrogen-bond acceptors (Lipinski definition) is 6. The van der Waals surface area contributed by atoms with Crippen molar-refractivity contribution >= 4 is 29.2 Å². The van der Waals surface area contributed by atoms with Crippen LogP contribution in [-0.4, -0.2) is 45.5 Å². The summed E-state index contributed by atoms with van der Waals surface area (Å²) < 4.78 is 44.2. The van der Waals surface area contributed by atoms with Crippen molar-refractivity contribution in [1.29, 1.82) is 0 Å². The highest BCUT2D eigenvalue weighted by molar-refractivity contribution is 6.31. The van der Waals surface area contributed by atoms with E-state index < -0.39 is 29.2 Å². The molecule has 2 unspecified atom stereocenters. The first-order valence-electron chi connectivity index (χ1n) is 11.1. The second kappa shape index (κ2) is 9.18. The zero-order valence-electron chi connectivity index (χ0n) is 19.1. The van der Waals surface area contributed by atoms with Crippen molar-refractivity contribution in [2.75, 3.05) is 4.90 Å². The smallest absolute Gasteiger partial charge is 0.417 e. The van der Waals surface area contributed by atoms with E-state index in [1.807, 2.05) is 0 Å². The van der Waals surface area contributed by atoms with Gasteiger partial charge in [0, 0.05) is 30.5 Å². The Hall–Kier alpha value is -3.08. The second-order valence-electron chi connectivity index (χ2n) is 9.32. The van der Waals surface area contributed by atoms with Gasteiger partial charge in [-0.15, -0.1) is 0 Å². The molecule has 2 aliphatic heterocycles. The number of alkyl halides is 3. The first-order chi connectivity index (χ1) is 16.3. The predicted octanol–water partition coefficient (Wildman–Crippen LogP) is 3.72. The lowest BCUT2D eigenvalue weighted by Gasteiger charge is -2.40. The summed E-state index contributed by atoms with van der Waals surface area (Å²) in [5, 5.41) is 2.68. The van der Waals surface area contributed by atoms with Gasteiger partial charge in [-0.2, -0.15) is 13.2 Å². The van der Waals surface area contributed by atoms with Crippen LogP contribution in [0.4, 0.5) is 19.0 Å². The van der Waals surface area contributed by atoms with E-state index in [0.717, 1.165) is 24.7 Å². The summed E-state index contributed by atoms with van der Waals surface area (Å²) in [5.41, 5.74) is 3.21. The summed E-state index contributed by atoms with van der Waals surface area (Å²) in [6.07, 6.45) is 0.768. The molecule has 188 valence electrons. The summed E-state index contributed by atoms with van der Waals surface area (Å²) in [6.45, 7) is 3.01. The molecule has 2 amide bonds. The molecule has 12 heteroatoms. The van der Waals surface area contributed by atoms with E-state index in [0.29, 0.717) is 24.6 Å². The minimum absolute atomic E-state index is 0.111. The average molecular weight is 512 g/mol. The van der Waals surface area contributed by atoms with Crippen LogP contribution in [0.2, 0.25) is 5.02 Å². The molecule has 0 aromatic carbocycles. The number of hydrogen-bond donors (Lipinski definition) is 2. The van der Waals surface area contributed by atoms with Crippen LogP contribution in [0.25, 0.3) is 0 Å². The fourth-order valence-electron chi connectivity index (χ4n) is 4.66. The van der Waals surface area contributed by atoms with Gasteiger partial charge in [-0.1, -0.05) is 11.6 Å². The van der Waals surface area contributed by atoms with Crippen LogP contribution in [0.15, 0.2) is 30.6 Å². The molecule has 0 saturated carbocycles. The van der Waals surface area contributed by atoms with E-state index in [-0.39, 0.29) is 29.0 Å². The molecule has 0 spiro atoms. The monoisotopic (exact) mass is 511 g/mol. The van der Waals surface area contributed by atoms with Crippen molar-refractivity contribution in [3.63, 3.8) is 0 Å². The van der Waals surface area contributed by atoms with Crippen molar-refractivity contribution in [3.8, 4) is 5.88 Å². The Kier molecular flexibility index (Phi) is 6.56. The van der Waals surface area contributed by atoms with Crippen LogP contribution in [0.3, 0.4) is 0 Å². The highest BCUT2D eigenvalue weighted by Gasteiger charge is 2.43. The standard InChI is InChI=1S/C23H25ClF3N5O3/c1-22(2,35-20-17(24)7-13(11-30-20)23(25,26)27)21(34)31-14-8-15-4-5-16(9-14)32(15)18-6-3-12(10-29-18)19(28)33/h3,6-7,10-11,14-16H,4-5,8-9H2,1-2H3,(H2,28,33)(H,31,34). The van der Waals surface area contributed by atoms with Crippen molar-refractivity contribution in [1.82, 2.24) is 15.3 Å². The van der Waals surface area contributed by atoms with Crippen molar-refractivity contribution in [2.24, 2.45) is 5.73 Å². The number of fused-ring (bicyclic) bond motifs is 2. The largest absolute Gasteiger partial charge is 0.460 e. The van der Waals surface area contributed by atoms with Crippen LogP contribution in [-0.2, 0) is 11.0 Å². The van der Waals surface area contributed by atoms with E-state index >= 15 is 0 Å². The van der Waals surface area contributed by atoms with E-state index in [1.54, 1.807) is 12.1 Å². The topological polar surface area (TPSA) is 110 Å². The number of anilines is 1. The van der Waals surface area contributed by atoms with Gasteiger partial charge >= 0.3 is 6.18 Å². The lowest BCUT2D eigenvalue weighted by molar-refractivity contribution is -0.138. The third kappa shape index (κ3) is 5.29. The molecule has 0 aliphatic carbocycles. The van der Waals surface area contributed by atoms with Crippen LogP contribution in [0.5, 0.6) is 5.88 Å². The number of halogens is 4. The zero-order chi connectivity index (χ0) is 25.5. The average Bonchev–Trinajstić information content (AvgIpc) is 3.04. The Morgan fingerprint density at radius 3 is 2.31 bits per heavy atom. The molecule has 2 aliphatic rings. The van der Waals surface area contributed by atoms with Crippen LogP contribution < -0.4 is 20.7 Å². The number of nitrogens with two attached hydrogens (primary N) is 1. The number of carbonyl (C=O) groups is 2. The fraction of sp³-hybridized carbons (Fsp3) is 0.478. The number of amides is 2. The minimum Gasteiger partial charge on any atom is -0.460 e. The maximum Gasteiger partial charge on any atom is 0.417 e. The summed E-state index contributed by atoms with van der Waals surface area (Å²) in [5.74, 6) is -0.442. The Labute approximate surface area is 205 Å². The highest BCUT2D eigenvalue weighted by Crippen LogP contribution is 2.39. The number of aromatic nitrogens is 2. The lowest BCUT2D eigenvalue weighted by Crippen LogP contribution is -2.55. The van der Waals surface area contributed by atoms with Gasteiger partial charge in [0.15, 0.2) is 5.60 Å². The van der Waals surface area contributed by atoms with E-state index in [4.69, 9.17) is 22.1 Å². The molecule has 4 rings (SSSR count). The molecule has 2 saturated heterocycles. The Balaban J connectivity index is 1.39. The molecule has 8 nitrogen and oxygen atoms in total. The molecule has 0 radical (unpaired) electrons. The van der Waals surface area contributed by atoms with Gasteiger partial charge in [0.05, 0.1) is 11.1 Å². The second-order valence-corrected chi connectivity index (χ2v) is 9.73. The van der Waals surface area contributed by atoms with Gasteiger partial charge < -0.3 is 20.7 Å². The number of primary amides is 1. The molecule has 2 aromatic heterocycles. The Morgan fingerprint density at radius 2 is 1.80 bits per heavy atom. The number of piperidine rings is 1. The number of rotatable bonds is 6. The van der Waals surface area contributed by atoms with Crippen molar-refractivity contribution in [3.05, 3.63) is 46.7 Å². The van der Waals surface area contributed by atoms with Crippen molar-refractivity contribution in [2.45, 2.75) is 69.4 Å². The van der Waals surface area contributed by atoms with Gasteiger partial charge in [0.1, 0.15) is 10.8 Å². The summed E-state index contributed by atoms with van der Waals surface area (Å²) in [4.78, 5) is 34.6. The molecule has 2 fully saturated rings. The van der Waals surface area contributed by atoms with Crippen LogP contribution in [0, 0.1) is 0 Å². The van der Waals surface area contributed by atoms with E-state index in [9.17, 15) is 22.8 Å². The van der Waals surface area contributed by atoms with E-state index in [2.05, 4.69) is 20.2 Å². The molecule has 4 heterocycles. The third-order valence-corrected chi connectivity index (χ3v) is 6.67. The molecule has 2 atom stereocenters. The summed E-state index contributed by atoms with van der Waals surface area (Å²) >= 11 is 5.93. The highest BCUT2D eigenvalue weighted by atomic mass is 35.5. The Bertz CT molecular complexity index is 1110. The maximum atomic E-state index is 13.0. The molecule has 3 N–H and O–H groups in total. The van der Waals surface area contributed by atoms with Gasteiger partial charge in [-0.25, -0.2) is 9.97 Å². The number of pyridine rings is 2.